The molecule has 0 radical (unpaired) electrons. The molecule has 3 aromatic rings. The Morgan fingerprint density at radius 2 is 1.74 bits per heavy atom. The van der Waals surface area contributed by atoms with Crippen LogP contribution >= 0.6 is 0 Å². The number of rotatable bonds is 5. The summed E-state index contributed by atoms with van der Waals surface area (Å²) in [4.78, 5) is 16.1. The lowest BCUT2D eigenvalue weighted by Gasteiger charge is -2.41. The molecule has 0 aliphatic carbocycles. The molecule has 3 aromatic carbocycles. The lowest BCUT2D eigenvalue weighted by Crippen LogP contribution is -2.50. The molecule has 0 fully saturated rings. The highest BCUT2D eigenvalue weighted by Gasteiger charge is 2.39. The van der Waals surface area contributed by atoms with Crippen LogP contribution in [0.2, 0.25) is 0 Å². The summed E-state index contributed by atoms with van der Waals surface area (Å²) in [6.45, 7) is 2.70. The van der Waals surface area contributed by atoms with Crippen molar-refractivity contribution in [1.29, 1.82) is 0 Å². The molecule has 182 valence electrons. The zero-order valence-electron chi connectivity index (χ0n) is 20.4. The van der Waals surface area contributed by atoms with E-state index in [2.05, 4.69) is 18.3 Å². The van der Waals surface area contributed by atoms with Gasteiger partial charge in [-0.2, -0.15) is 0 Å². The van der Waals surface area contributed by atoms with Gasteiger partial charge in [0.05, 0.1) is 26.2 Å². The summed E-state index contributed by atoms with van der Waals surface area (Å²) in [5.41, 5.74) is 5.02. The van der Waals surface area contributed by atoms with Crippen LogP contribution in [0.3, 0.4) is 0 Å². The normalized spacial score (nSPS) is 20.9. The lowest BCUT2D eigenvalue weighted by atomic mass is 9.82. The van der Waals surface area contributed by atoms with Gasteiger partial charge in [0.15, 0.2) is 11.5 Å². The van der Waals surface area contributed by atoms with Crippen molar-refractivity contribution in [2.45, 2.75) is 38.3 Å². The van der Waals surface area contributed by atoms with Crippen LogP contribution in [0, 0.1) is 11.7 Å². The Labute approximate surface area is 205 Å². The van der Waals surface area contributed by atoms with Crippen LogP contribution in [-0.4, -0.2) is 37.6 Å². The summed E-state index contributed by atoms with van der Waals surface area (Å²) < 4.78 is 25.5. The van der Waals surface area contributed by atoms with Crippen LogP contribution in [0.25, 0.3) is 0 Å². The third-order valence-corrected chi connectivity index (χ3v) is 7.47. The molecule has 0 saturated carbocycles. The molecule has 1 amide bonds. The molecule has 2 aliphatic rings. The number of carbonyl (C=O) groups excluding carboxylic acids is 1. The number of nitrogens with one attached hydrogen (secondary N) is 1. The highest BCUT2D eigenvalue weighted by Crippen LogP contribution is 2.40. The second-order valence-electron chi connectivity index (χ2n) is 9.38. The van der Waals surface area contributed by atoms with Gasteiger partial charge in [0.2, 0.25) is 5.91 Å². The maximum Gasteiger partial charge on any atom is 0.228 e. The van der Waals surface area contributed by atoms with Crippen LogP contribution in [0.15, 0.2) is 60.7 Å². The fraction of sp³-hybridized carbons (Fsp3) is 0.345. The number of halogens is 1. The molecule has 3 unspecified atom stereocenters. The minimum atomic E-state index is -0.298. The van der Waals surface area contributed by atoms with Crippen molar-refractivity contribution in [1.82, 2.24) is 4.90 Å². The van der Waals surface area contributed by atoms with E-state index < -0.39 is 0 Å². The van der Waals surface area contributed by atoms with Gasteiger partial charge in [-0.1, -0.05) is 36.4 Å². The van der Waals surface area contributed by atoms with E-state index in [1.54, 1.807) is 26.4 Å². The molecule has 0 bridgehead atoms. The standard InChI is InChI=1S/C29H31FN2O3/c1-18-22-17-28(35-3)27(34-2)16-19(22)12-13-32(18)29(33)23-14-21-9-5-7-11-25(21)31-26(23)15-20-8-4-6-10-24(20)30/h4-11,16-18,23,26,31H,12-15H2,1-3H3. The number of hydrogen-bond donors (Lipinski definition) is 1. The predicted octanol–water partition coefficient (Wildman–Crippen LogP) is 5.18. The zero-order chi connectivity index (χ0) is 24.5. The Kier molecular flexibility index (Phi) is 6.37. The number of ether oxygens (including phenoxy) is 2. The Morgan fingerprint density at radius 1 is 1.03 bits per heavy atom. The van der Waals surface area contributed by atoms with Crippen molar-refractivity contribution < 1.29 is 18.7 Å². The molecule has 0 spiro atoms. The summed E-state index contributed by atoms with van der Waals surface area (Å²) in [6, 6.07) is 18.6. The first-order valence-corrected chi connectivity index (χ1v) is 12.1. The van der Waals surface area contributed by atoms with Gasteiger partial charge >= 0.3 is 0 Å². The van der Waals surface area contributed by atoms with E-state index in [9.17, 15) is 9.18 Å². The average molecular weight is 475 g/mol. The molecule has 5 nitrogen and oxygen atoms in total. The highest BCUT2D eigenvalue weighted by molar-refractivity contribution is 5.82. The Bertz CT molecular complexity index is 1240. The monoisotopic (exact) mass is 474 g/mol. The van der Waals surface area contributed by atoms with E-state index in [1.165, 1.54) is 11.6 Å². The second kappa shape index (κ2) is 9.61. The SMILES string of the molecule is COc1cc2c(cc1OC)C(C)N(C(=O)C1Cc3ccccc3NC1Cc1ccccc1F)CC2. The van der Waals surface area contributed by atoms with Crippen LogP contribution in [0.4, 0.5) is 10.1 Å². The van der Waals surface area contributed by atoms with Gasteiger partial charge in [0, 0.05) is 18.3 Å². The van der Waals surface area contributed by atoms with Gasteiger partial charge in [0.1, 0.15) is 5.82 Å². The molecule has 0 aromatic heterocycles. The quantitative estimate of drug-likeness (QED) is 0.553. The molecular formula is C29H31FN2O3. The molecule has 2 heterocycles. The fourth-order valence-corrected chi connectivity index (χ4v) is 5.53. The van der Waals surface area contributed by atoms with Crippen molar-refractivity contribution in [3.63, 3.8) is 0 Å². The number of carbonyl (C=O) groups is 1. The molecule has 2 aliphatic heterocycles. The van der Waals surface area contributed by atoms with E-state index in [1.807, 2.05) is 41.3 Å². The summed E-state index contributed by atoms with van der Waals surface area (Å²) in [7, 11) is 3.26. The maximum absolute atomic E-state index is 14.5. The van der Waals surface area contributed by atoms with Crippen LogP contribution in [0.5, 0.6) is 11.5 Å². The van der Waals surface area contributed by atoms with Crippen molar-refractivity contribution >= 4 is 11.6 Å². The van der Waals surface area contributed by atoms with Gasteiger partial charge in [-0.15, -0.1) is 0 Å². The molecule has 5 rings (SSSR count). The number of fused-ring (bicyclic) bond motifs is 2. The molecule has 3 atom stereocenters. The molecule has 0 saturated heterocycles. The third kappa shape index (κ3) is 4.33. The number of benzene rings is 3. The summed E-state index contributed by atoms with van der Waals surface area (Å²) in [6.07, 6.45) is 1.82. The summed E-state index contributed by atoms with van der Waals surface area (Å²) in [5.74, 6) is 0.935. The second-order valence-corrected chi connectivity index (χ2v) is 9.38. The summed E-state index contributed by atoms with van der Waals surface area (Å²) in [5, 5.41) is 3.56. The lowest BCUT2D eigenvalue weighted by molar-refractivity contribution is -0.138. The molecular weight excluding hydrogens is 443 g/mol. The van der Waals surface area contributed by atoms with Gasteiger partial charge in [-0.05, 0) is 72.7 Å². The Morgan fingerprint density at radius 3 is 2.51 bits per heavy atom. The minimum absolute atomic E-state index is 0.0984. The molecule has 35 heavy (non-hydrogen) atoms. The number of para-hydroxylation sites is 1. The van der Waals surface area contributed by atoms with Crippen molar-refractivity contribution in [3.8, 4) is 11.5 Å². The Balaban J connectivity index is 1.46. The number of amides is 1. The number of methoxy groups -OCH3 is 2. The van der Waals surface area contributed by atoms with E-state index >= 15 is 0 Å². The van der Waals surface area contributed by atoms with Gasteiger partial charge in [-0.25, -0.2) is 4.39 Å². The first kappa shape index (κ1) is 23.2. The van der Waals surface area contributed by atoms with E-state index in [4.69, 9.17) is 9.47 Å². The third-order valence-electron chi connectivity index (χ3n) is 7.47. The Hall–Kier alpha value is -3.54. The van der Waals surface area contributed by atoms with Crippen molar-refractivity contribution in [2.24, 2.45) is 5.92 Å². The van der Waals surface area contributed by atoms with Crippen LogP contribution in [0.1, 0.15) is 35.2 Å². The largest absolute Gasteiger partial charge is 0.493 e. The number of anilines is 1. The smallest absolute Gasteiger partial charge is 0.228 e. The molecule has 6 heteroatoms. The topological polar surface area (TPSA) is 50.8 Å². The number of hydrogen-bond acceptors (Lipinski definition) is 4. The van der Waals surface area contributed by atoms with E-state index in [-0.39, 0.29) is 29.7 Å². The first-order valence-electron chi connectivity index (χ1n) is 12.1. The van der Waals surface area contributed by atoms with E-state index in [0.29, 0.717) is 36.4 Å². The van der Waals surface area contributed by atoms with Crippen LogP contribution < -0.4 is 14.8 Å². The summed E-state index contributed by atoms with van der Waals surface area (Å²) >= 11 is 0. The van der Waals surface area contributed by atoms with Gasteiger partial charge in [-0.3, -0.25) is 4.79 Å². The number of nitrogens with zero attached hydrogens (tertiary/aromatic N) is 1. The van der Waals surface area contributed by atoms with Gasteiger partial charge in [0.25, 0.3) is 0 Å². The van der Waals surface area contributed by atoms with Crippen molar-refractivity contribution in [2.75, 3.05) is 26.1 Å². The predicted molar refractivity (Wildman–Crippen MR) is 135 cm³/mol. The van der Waals surface area contributed by atoms with Crippen LogP contribution in [-0.2, 0) is 24.1 Å². The first-order chi connectivity index (χ1) is 17.0. The maximum atomic E-state index is 14.5. The fourth-order valence-electron chi connectivity index (χ4n) is 5.53. The van der Waals surface area contributed by atoms with E-state index in [0.717, 1.165) is 23.2 Å². The minimum Gasteiger partial charge on any atom is -0.493 e. The average Bonchev–Trinajstić information content (AvgIpc) is 2.88. The van der Waals surface area contributed by atoms with Gasteiger partial charge < -0.3 is 19.7 Å². The highest BCUT2D eigenvalue weighted by atomic mass is 19.1. The zero-order valence-corrected chi connectivity index (χ0v) is 20.4. The van der Waals surface area contributed by atoms with Crippen molar-refractivity contribution in [3.05, 3.63) is 88.7 Å². The molecule has 1 N–H and O–H groups in total.